The maximum absolute atomic E-state index is 9.21. The maximum atomic E-state index is 9.21. The lowest BCUT2D eigenvalue weighted by molar-refractivity contribution is 0.122. The number of morpholine rings is 1. The van der Waals surface area contributed by atoms with Gasteiger partial charge in [0.25, 0.3) is 0 Å². The quantitative estimate of drug-likeness (QED) is 0.797. The van der Waals surface area contributed by atoms with Crippen LogP contribution in [-0.4, -0.2) is 42.5 Å². The lowest BCUT2D eigenvalue weighted by atomic mass is 10.2. The monoisotopic (exact) mass is 300 g/mol. The minimum atomic E-state index is -0.667. The fraction of sp³-hybridized carbons (Fsp3) is 0.462. The summed E-state index contributed by atoms with van der Waals surface area (Å²) in [4.78, 5) is 6.37. The number of halogens is 1. The van der Waals surface area contributed by atoms with Crippen molar-refractivity contribution in [1.29, 1.82) is 0 Å². The molecule has 4 nitrogen and oxygen atoms in total. The summed E-state index contributed by atoms with van der Waals surface area (Å²) in [6, 6.07) is 1.85. The van der Waals surface area contributed by atoms with Gasteiger partial charge in [0.05, 0.1) is 23.9 Å². The number of aliphatic hydroxyl groups is 1. The van der Waals surface area contributed by atoms with Crippen LogP contribution in [0.25, 0.3) is 0 Å². The van der Waals surface area contributed by atoms with Gasteiger partial charge in [-0.2, -0.15) is 13.5 Å². The third-order valence-electron chi connectivity index (χ3n) is 2.59. The number of hydrogen-bond acceptors (Lipinski definition) is 4. The molecule has 1 atom stereocenters. The summed E-state index contributed by atoms with van der Waals surface area (Å²) in [5, 5.41) is 9.79. The van der Waals surface area contributed by atoms with Gasteiger partial charge in [0.2, 0.25) is 0 Å². The average molecular weight is 301 g/mol. The second kappa shape index (κ2) is 7.61. The van der Waals surface area contributed by atoms with Crippen LogP contribution in [0.4, 0.5) is 5.69 Å². The highest BCUT2D eigenvalue weighted by atomic mass is 35.5. The first-order valence-corrected chi connectivity index (χ1v) is 6.22. The Hall–Kier alpha value is -0.930. The van der Waals surface area contributed by atoms with Crippen LogP contribution in [0.1, 0.15) is 12.6 Å². The van der Waals surface area contributed by atoms with E-state index in [0.717, 1.165) is 18.8 Å². The van der Waals surface area contributed by atoms with Crippen LogP contribution in [0, 0.1) is 11.8 Å². The Morgan fingerprint density at radius 2 is 2.16 bits per heavy atom. The first-order valence-electron chi connectivity index (χ1n) is 5.84. The molecule has 1 aromatic rings. The van der Waals surface area contributed by atoms with Gasteiger partial charge in [0.1, 0.15) is 11.8 Å². The van der Waals surface area contributed by atoms with Crippen molar-refractivity contribution < 1.29 is 9.84 Å². The first-order chi connectivity index (χ1) is 8.66. The second-order valence-corrected chi connectivity index (χ2v) is 4.50. The smallest absolute Gasteiger partial charge is 0.136 e. The normalized spacial score (nSPS) is 16.1. The summed E-state index contributed by atoms with van der Waals surface area (Å²) in [5.41, 5.74) is 1.54. The Morgan fingerprint density at radius 1 is 1.47 bits per heavy atom. The molecular formula is C13H17ClN2O2S. The van der Waals surface area contributed by atoms with E-state index < -0.39 is 6.10 Å². The number of aliphatic hydroxyl groups excluding tert-OH is 1. The Morgan fingerprint density at radius 3 is 2.79 bits per heavy atom. The van der Waals surface area contributed by atoms with Crippen molar-refractivity contribution in [3.63, 3.8) is 0 Å². The zero-order valence-electron chi connectivity index (χ0n) is 10.7. The van der Waals surface area contributed by atoms with Gasteiger partial charge in [-0.15, -0.1) is 0 Å². The Balaban J connectivity index is 0.00000180. The van der Waals surface area contributed by atoms with E-state index in [0.29, 0.717) is 23.9 Å². The molecule has 6 heteroatoms. The summed E-state index contributed by atoms with van der Waals surface area (Å²) in [6.07, 6.45) is 0.900. The highest BCUT2D eigenvalue weighted by molar-refractivity contribution is 7.59. The summed E-state index contributed by atoms with van der Waals surface area (Å²) in [6.45, 7) is 4.60. The minimum absolute atomic E-state index is 0. The third kappa shape index (κ3) is 4.59. The second-order valence-electron chi connectivity index (χ2n) is 4.07. The molecule has 0 aliphatic carbocycles. The first kappa shape index (κ1) is 16.1. The van der Waals surface area contributed by atoms with Crippen LogP contribution >= 0.6 is 25.1 Å². The number of anilines is 1. The van der Waals surface area contributed by atoms with Crippen LogP contribution in [0.2, 0.25) is 5.02 Å². The van der Waals surface area contributed by atoms with Gasteiger partial charge >= 0.3 is 0 Å². The van der Waals surface area contributed by atoms with Crippen molar-refractivity contribution in [2.45, 2.75) is 13.0 Å². The van der Waals surface area contributed by atoms with E-state index in [1.807, 2.05) is 6.07 Å². The fourth-order valence-electron chi connectivity index (χ4n) is 1.74. The number of pyridine rings is 1. The SMILES string of the molecule is C[C@H](O)C#Cc1ncc(Cl)cc1N1CCOCC1.S. The van der Waals surface area contributed by atoms with E-state index in [-0.39, 0.29) is 13.5 Å². The summed E-state index contributed by atoms with van der Waals surface area (Å²) >= 11 is 5.98. The van der Waals surface area contributed by atoms with Gasteiger partial charge in [0, 0.05) is 19.3 Å². The largest absolute Gasteiger partial charge is 0.381 e. The van der Waals surface area contributed by atoms with Gasteiger partial charge in [-0.3, -0.25) is 0 Å². The van der Waals surface area contributed by atoms with Crippen molar-refractivity contribution in [1.82, 2.24) is 4.98 Å². The van der Waals surface area contributed by atoms with Crippen LogP contribution < -0.4 is 4.90 Å². The lowest BCUT2D eigenvalue weighted by Crippen LogP contribution is -2.36. The molecule has 19 heavy (non-hydrogen) atoms. The van der Waals surface area contributed by atoms with Crippen molar-refractivity contribution in [2.24, 2.45) is 0 Å². The topological polar surface area (TPSA) is 45.6 Å². The van der Waals surface area contributed by atoms with E-state index in [2.05, 4.69) is 21.7 Å². The Kier molecular flexibility index (Phi) is 6.46. The number of ether oxygens (including phenoxy) is 1. The molecule has 1 fully saturated rings. The molecule has 0 aromatic carbocycles. The molecule has 1 saturated heterocycles. The average Bonchev–Trinajstić information content (AvgIpc) is 2.38. The van der Waals surface area contributed by atoms with Gasteiger partial charge in [-0.05, 0) is 18.9 Å². The lowest BCUT2D eigenvalue weighted by Gasteiger charge is -2.29. The van der Waals surface area contributed by atoms with Crippen molar-refractivity contribution in [3.8, 4) is 11.8 Å². The Bertz CT molecular complexity index is 479. The molecule has 2 heterocycles. The van der Waals surface area contributed by atoms with Crippen LogP contribution in [-0.2, 0) is 4.74 Å². The number of rotatable bonds is 1. The van der Waals surface area contributed by atoms with Crippen molar-refractivity contribution >= 4 is 30.8 Å². The predicted molar refractivity (Wildman–Crippen MR) is 81.2 cm³/mol. The molecule has 0 bridgehead atoms. The third-order valence-corrected chi connectivity index (χ3v) is 2.79. The highest BCUT2D eigenvalue weighted by Gasteiger charge is 2.15. The van der Waals surface area contributed by atoms with Crippen LogP contribution in [0.5, 0.6) is 0 Å². The van der Waals surface area contributed by atoms with Crippen LogP contribution in [0.15, 0.2) is 12.3 Å². The predicted octanol–water partition coefficient (Wildman–Crippen LogP) is 1.42. The molecule has 1 aliphatic heterocycles. The molecule has 2 rings (SSSR count). The molecule has 0 amide bonds. The van der Waals surface area contributed by atoms with E-state index >= 15 is 0 Å². The fourth-order valence-corrected chi connectivity index (χ4v) is 1.90. The van der Waals surface area contributed by atoms with Crippen molar-refractivity contribution in [2.75, 3.05) is 31.2 Å². The molecule has 0 unspecified atom stereocenters. The van der Waals surface area contributed by atoms with E-state index in [1.54, 1.807) is 13.1 Å². The maximum Gasteiger partial charge on any atom is 0.136 e. The molecule has 1 aromatic heterocycles. The van der Waals surface area contributed by atoms with E-state index in [1.165, 1.54) is 0 Å². The summed E-state index contributed by atoms with van der Waals surface area (Å²) < 4.78 is 5.32. The molecule has 0 spiro atoms. The van der Waals surface area contributed by atoms with Gasteiger partial charge in [0.15, 0.2) is 0 Å². The number of hydrogen-bond donors (Lipinski definition) is 1. The standard InChI is InChI=1S/C13H15ClN2O2.H2S/c1-10(17)2-3-12-13(8-11(14)9-15-12)16-4-6-18-7-5-16;/h8-10,17H,4-7H2,1H3;1H2/t10-;/m0./s1. The summed E-state index contributed by atoms with van der Waals surface area (Å²) in [7, 11) is 0. The van der Waals surface area contributed by atoms with Crippen molar-refractivity contribution in [3.05, 3.63) is 23.0 Å². The van der Waals surface area contributed by atoms with Crippen LogP contribution in [0.3, 0.4) is 0 Å². The number of nitrogens with zero attached hydrogens (tertiary/aromatic N) is 2. The van der Waals surface area contributed by atoms with E-state index in [9.17, 15) is 5.11 Å². The van der Waals surface area contributed by atoms with Gasteiger partial charge in [-0.25, -0.2) is 4.98 Å². The zero-order chi connectivity index (χ0) is 13.0. The molecule has 104 valence electrons. The highest BCUT2D eigenvalue weighted by Crippen LogP contribution is 2.23. The van der Waals surface area contributed by atoms with Gasteiger partial charge < -0.3 is 14.7 Å². The molecule has 0 radical (unpaired) electrons. The molecule has 1 aliphatic rings. The molecule has 1 N–H and O–H groups in total. The molecule has 0 saturated carbocycles. The number of aromatic nitrogens is 1. The van der Waals surface area contributed by atoms with Gasteiger partial charge in [-0.1, -0.05) is 17.5 Å². The Labute approximate surface area is 125 Å². The minimum Gasteiger partial charge on any atom is -0.381 e. The molecular weight excluding hydrogens is 284 g/mol. The van der Waals surface area contributed by atoms with E-state index in [4.69, 9.17) is 16.3 Å². The zero-order valence-corrected chi connectivity index (χ0v) is 12.4. The summed E-state index contributed by atoms with van der Waals surface area (Å²) in [5.74, 6) is 5.59.